The molecule has 0 radical (unpaired) electrons. The van der Waals surface area contributed by atoms with Gasteiger partial charge in [0.15, 0.2) is 10.7 Å². The first-order chi connectivity index (χ1) is 9.95. The summed E-state index contributed by atoms with van der Waals surface area (Å²) in [7, 11) is -3.76. The second kappa shape index (κ2) is 5.12. The van der Waals surface area contributed by atoms with Crippen molar-refractivity contribution in [3.8, 4) is 0 Å². The molecule has 108 valence electrons. The van der Waals surface area contributed by atoms with E-state index in [9.17, 15) is 8.42 Å². The molecule has 2 aromatic heterocycles. The third-order valence-corrected chi connectivity index (χ3v) is 4.67. The second-order valence-corrected chi connectivity index (χ2v) is 7.09. The number of sulfonamides is 1. The van der Waals surface area contributed by atoms with Crippen LogP contribution >= 0.6 is 15.9 Å². The second-order valence-electron chi connectivity index (χ2n) is 4.55. The number of pyridine rings is 1. The Hall–Kier alpha value is -1.93. The Balaban J connectivity index is 2.06. The number of benzene rings is 1. The summed E-state index contributed by atoms with van der Waals surface area (Å²) < 4.78 is 28.2. The Bertz CT molecular complexity index is 921. The maximum Gasteiger partial charge on any atom is 0.279 e. The van der Waals surface area contributed by atoms with Crippen LogP contribution in [0.5, 0.6) is 0 Å². The van der Waals surface area contributed by atoms with E-state index in [1.807, 2.05) is 13.0 Å². The van der Waals surface area contributed by atoms with E-state index in [0.717, 1.165) is 5.56 Å². The highest BCUT2D eigenvalue weighted by Gasteiger charge is 2.21. The summed E-state index contributed by atoms with van der Waals surface area (Å²) in [5, 5.41) is 6.87. The van der Waals surface area contributed by atoms with Gasteiger partial charge in [0.2, 0.25) is 0 Å². The Labute approximate surface area is 129 Å². The van der Waals surface area contributed by atoms with Gasteiger partial charge in [-0.2, -0.15) is 13.5 Å². The third-order valence-electron chi connectivity index (χ3n) is 2.88. The summed E-state index contributed by atoms with van der Waals surface area (Å²) in [4.78, 5) is 4.05. The number of aryl methyl sites for hydroxylation is 1. The monoisotopic (exact) mass is 366 g/mol. The smallest absolute Gasteiger partial charge is 0.278 e. The number of aromatic nitrogens is 3. The molecule has 0 atom stereocenters. The van der Waals surface area contributed by atoms with Crippen molar-refractivity contribution in [3.05, 3.63) is 46.6 Å². The van der Waals surface area contributed by atoms with Gasteiger partial charge in [0.25, 0.3) is 10.0 Å². The molecule has 0 bridgehead atoms. The maximum atomic E-state index is 12.5. The number of anilines is 1. The number of hydrogen-bond donors (Lipinski definition) is 2. The lowest BCUT2D eigenvalue weighted by atomic mass is 10.2. The van der Waals surface area contributed by atoms with E-state index in [-0.39, 0.29) is 5.03 Å². The molecule has 0 aliphatic carbocycles. The van der Waals surface area contributed by atoms with Gasteiger partial charge in [0, 0.05) is 16.4 Å². The van der Waals surface area contributed by atoms with Gasteiger partial charge < -0.3 is 0 Å². The standard InChI is InChI=1S/C13H11BrN4O2S/c1-8-3-2-4-10(5-8)18-21(19,20)13-11-6-9(14)7-15-12(11)16-17-13/h2-7,18H,1H3,(H,15,16,17). The average molecular weight is 367 g/mol. The lowest BCUT2D eigenvalue weighted by Gasteiger charge is -2.07. The number of rotatable bonds is 3. The van der Waals surface area contributed by atoms with E-state index < -0.39 is 10.0 Å². The molecule has 0 unspecified atom stereocenters. The number of nitrogens with zero attached hydrogens (tertiary/aromatic N) is 2. The molecule has 0 aliphatic heterocycles. The highest BCUT2D eigenvalue weighted by atomic mass is 79.9. The van der Waals surface area contributed by atoms with Crippen LogP contribution in [0, 0.1) is 6.92 Å². The highest BCUT2D eigenvalue weighted by Crippen LogP contribution is 2.24. The van der Waals surface area contributed by atoms with Crippen molar-refractivity contribution in [2.24, 2.45) is 0 Å². The van der Waals surface area contributed by atoms with Crippen LogP contribution in [0.15, 0.2) is 46.0 Å². The van der Waals surface area contributed by atoms with Gasteiger partial charge in [0.1, 0.15) is 0 Å². The topological polar surface area (TPSA) is 87.7 Å². The number of halogens is 1. The number of hydrogen-bond acceptors (Lipinski definition) is 4. The van der Waals surface area contributed by atoms with E-state index in [2.05, 4.69) is 35.8 Å². The minimum Gasteiger partial charge on any atom is -0.278 e. The zero-order chi connectivity index (χ0) is 15.0. The molecule has 2 heterocycles. The summed E-state index contributed by atoms with van der Waals surface area (Å²) in [6.45, 7) is 1.89. The average Bonchev–Trinajstić information content (AvgIpc) is 2.81. The van der Waals surface area contributed by atoms with Crippen LogP contribution in [-0.2, 0) is 10.0 Å². The fraction of sp³-hybridized carbons (Fsp3) is 0.0769. The van der Waals surface area contributed by atoms with Crippen LogP contribution in [0.25, 0.3) is 11.0 Å². The van der Waals surface area contributed by atoms with E-state index in [1.54, 1.807) is 30.5 Å². The van der Waals surface area contributed by atoms with Crippen LogP contribution in [0.1, 0.15) is 5.56 Å². The van der Waals surface area contributed by atoms with E-state index in [4.69, 9.17) is 0 Å². The molecule has 3 aromatic rings. The Morgan fingerprint density at radius 1 is 1.29 bits per heavy atom. The first-order valence-electron chi connectivity index (χ1n) is 6.05. The molecule has 0 fully saturated rings. The van der Waals surface area contributed by atoms with Gasteiger partial charge in [0.05, 0.1) is 5.39 Å². The molecular formula is C13H11BrN4O2S. The summed E-state index contributed by atoms with van der Waals surface area (Å²) in [5.41, 5.74) is 1.82. The van der Waals surface area contributed by atoms with Crippen molar-refractivity contribution in [1.29, 1.82) is 0 Å². The van der Waals surface area contributed by atoms with Crippen LogP contribution in [0.4, 0.5) is 5.69 Å². The molecule has 1 aromatic carbocycles. The quantitative estimate of drug-likeness (QED) is 0.745. The molecule has 0 saturated heterocycles. The van der Waals surface area contributed by atoms with Gasteiger partial charge in [-0.25, -0.2) is 4.98 Å². The molecule has 21 heavy (non-hydrogen) atoms. The van der Waals surface area contributed by atoms with Crippen LogP contribution in [-0.4, -0.2) is 23.6 Å². The predicted molar refractivity (Wildman–Crippen MR) is 83.6 cm³/mol. The van der Waals surface area contributed by atoms with Gasteiger partial charge in [-0.15, -0.1) is 0 Å². The van der Waals surface area contributed by atoms with Crippen LogP contribution < -0.4 is 4.72 Å². The zero-order valence-corrected chi connectivity index (χ0v) is 13.4. The molecule has 0 spiro atoms. The van der Waals surface area contributed by atoms with Crippen molar-refractivity contribution in [3.63, 3.8) is 0 Å². The third kappa shape index (κ3) is 2.77. The van der Waals surface area contributed by atoms with E-state index >= 15 is 0 Å². The normalized spacial score (nSPS) is 11.7. The first-order valence-corrected chi connectivity index (χ1v) is 8.32. The van der Waals surface area contributed by atoms with Crippen molar-refractivity contribution in [1.82, 2.24) is 15.2 Å². The minimum atomic E-state index is -3.76. The Kier molecular flexibility index (Phi) is 3.42. The fourth-order valence-electron chi connectivity index (χ4n) is 1.97. The molecule has 6 nitrogen and oxygen atoms in total. The number of aromatic amines is 1. The van der Waals surface area contributed by atoms with Gasteiger partial charge in [-0.3, -0.25) is 9.82 Å². The molecule has 2 N–H and O–H groups in total. The summed E-state index contributed by atoms with van der Waals surface area (Å²) >= 11 is 3.27. The van der Waals surface area contributed by atoms with Crippen LogP contribution in [0.2, 0.25) is 0 Å². The number of fused-ring (bicyclic) bond motifs is 1. The maximum absolute atomic E-state index is 12.5. The zero-order valence-electron chi connectivity index (χ0n) is 11.0. The van der Waals surface area contributed by atoms with E-state index in [0.29, 0.717) is 21.2 Å². The SMILES string of the molecule is Cc1cccc(NS(=O)(=O)c2[nH]nc3ncc(Br)cc23)c1. The summed E-state index contributed by atoms with van der Waals surface area (Å²) in [6.07, 6.45) is 1.56. The van der Waals surface area contributed by atoms with Gasteiger partial charge in [-0.1, -0.05) is 12.1 Å². The highest BCUT2D eigenvalue weighted by molar-refractivity contribution is 9.10. The number of nitrogens with one attached hydrogen (secondary N) is 2. The summed E-state index contributed by atoms with van der Waals surface area (Å²) in [5.74, 6) is 0. The van der Waals surface area contributed by atoms with Crippen molar-refractivity contribution >= 4 is 42.7 Å². The Morgan fingerprint density at radius 2 is 2.10 bits per heavy atom. The summed E-state index contributed by atoms with van der Waals surface area (Å²) in [6, 6.07) is 8.79. The molecule has 8 heteroatoms. The van der Waals surface area contributed by atoms with Gasteiger partial charge in [-0.05, 0) is 46.6 Å². The largest absolute Gasteiger partial charge is 0.279 e. The lowest BCUT2D eigenvalue weighted by Crippen LogP contribution is -2.13. The molecule has 0 amide bonds. The molecule has 3 rings (SSSR count). The van der Waals surface area contributed by atoms with Crippen LogP contribution in [0.3, 0.4) is 0 Å². The predicted octanol–water partition coefficient (Wildman–Crippen LogP) is 2.83. The molecular weight excluding hydrogens is 356 g/mol. The lowest BCUT2D eigenvalue weighted by molar-refractivity contribution is 0.598. The van der Waals surface area contributed by atoms with Crippen molar-refractivity contribution in [2.45, 2.75) is 11.9 Å². The van der Waals surface area contributed by atoms with Crippen molar-refractivity contribution in [2.75, 3.05) is 4.72 Å². The van der Waals surface area contributed by atoms with Crippen molar-refractivity contribution < 1.29 is 8.42 Å². The number of H-pyrrole nitrogens is 1. The van der Waals surface area contributed by atoms with Gasteiger partial charge >= 0.3 is 0 Å². The molecule has 0 saturated carbocycles. The Morgan fingerprint density at radius 3 is 2.86 bits per heavy atom. The first kappa shape index (κ1) is 14.0. The molecule has 0 aliphatic rings. The minimum absolute atomic E-state index is 0.00666. The van der Waals surface area contributed by atoms with E-state index in [1.165, 1.54) is 0 Å². The fourth-order valence-corrected chi connectivity index (χ4v) is 3.45.